The summed E-state index contributed by atoms with van der Waals surface area (Å²) < 4.78 is 0. The van der Waals surface area contributed by atoms with Gasteiger partial charge >= 0.3 is 0 Å². The molecule has 0 aliphatic rings. The molecule has 0 saturated heterocycles. The summed E-state index contributed by atoms with van der Waals surface area (Å²) >= 11 is 1.46. The molecule has 0 aliphatic heterocycles. The normalized spacial score (nSPS) is 13.6. The first-order valence-corrected chi connectivity index (χ1v) is 18.9. The molecule has 5 atom stereocenters. The predicted octanol–water partition coefficient (Wildman–Crippen LogP) is -0.0214. The lowest BCUT2D eigenvalue weighted by atomic mass is 10.0. The van der Waals surface area contributed by atoms with Crippen molar-refractivity contribution in [2.75, 3.05) is 18.6 Å². The van der Waals surface area contributed by atoms with Gasteiger partial charge in [0.05, 0.1) is 6.04 Å². The van der Waals surface area contributed by atoms with E-state index < -0.39 is 59.7 Å². The number of hydrogen-bond donors (Lipinski definition) is 9. The third-order valence-corrected chi connectivity index (χ3v) is 9.05. The Morgan fingerprint density at radius 1 is 0.630 bits per heavy atom. The van der Waals surface area contributed by atoms with E-state index in [0.717, 1.165) is 11.1 Å². The van der Waals surface area contributed by atoms with Crippen molar-refractivity contribution >= 4 is 47.3 Å². The lowest BCUT2D eigenvalue weighted by molar-refractivity contribution is -0.134. The number of primary amides is 1. The molecule has 0 heterocycles. The van der Waals surface area contributed by atoms with Crippen molar-refractivity contribution < 1.29 is 29.1 Å². The van der Waals surface area contributed by atoms with Crippen LogP contribution in [0.2, 0.25) is 0 Å². The summed E-state index contributed by atoms with van der Waals surface area (Å²) in [7, 11) is 0. The quantitative estimate of drug-likeness (QED) is 0.0375. The molecule has 0 spiro atoms. The number of aliphatic imine (C=N–C) groups is 1. The summed E-state index contributed by atoms with van der Waals surface area (Å²) in [6, 6.07) is 18.9. The topological polar surface area (TPSA) is 270 Å². The average Bonchev–Trinajstić information content (AvgIpc) is 3.15. The Morgan fingerprint density at radius 3 is 1.61 bits per heavy atom. The number of nitrogens with zero attached hydrogens (tertiary/aromatic N) is 1. The number of hydrogen-bond acceptors (Lipinski definition) is 9. The SMILES string of the molecule is CSCC[C@H](NC(=O)[C@H](Cc1ccccc1)NC(=O)[C@H](N)Cc1ccc(O)cc1)C(=O)N[C@H](CCCN=C(N)N)C(=O)N[C@@H](Cc1ccccc1)C(N)=O. The second-order valence-electron chi connectivity index (χ2n) is 12.7. The van der Waals surface area contributed by atoms with Crippen molar-refractivity contribution in [2.45, 2.75) is 68.7 Å². The van der Waals surface area contributed by atoms with Crippen molar-refractivity contribution in [1.82, 2.24) is 21.3 Å². The lowest BCUT2D eigenvalue weighted by Crippen LogP contribution is -2.59. The van der Waals surface area contributed by atoms with Gasteiger partial charge in [0.2, 0.25) is 29.5 Å². The highest BCUT2D eigenvalue weighted by molar-refractivity contribution is 7.98. The van der Waals surface area contributed by atoms with Crippen LogP contribution in [0.3, 0.4) is 0 Å². The molecular weight excluding hydrogens is 711 g/mol. The monoisotopic (exact) mass is 761 g/mol. The number of phenols is 1. The van der Waals surface area contributed by atoms with Crippen molar-refractivity contribution in [3.05, 3.63) is 102 Å². The van der Waals surface area contributed by atoms with E-state index in [0.29, 0.717) is 17.7 Å². The second-order valence-corrected chi connectivity index (χ2v) is 13.7. The van der Waals surface area contributed by atoms with Gasteiger partial charge in [0.25, 0.3) is 0 Å². The fraction of sp³-hybridized carbons (Fsp3) is 0.368. The van der Waals surface area contributed by atoms with Gasteiger partial charge in [-0.3, -0.25) is 29.0 Å². The molecule has 0 fully saturated rings. The van der Waals surface area contributed by atoms with Gasteiger partial charge in [0.1, 0.15) is 29.9 Å². The Bertz CT molecular complexity index is 1690. The minimum Gasteiger partial charge on any atom is -0.508 e. The molecule has 0 aliphatic carbocycles. The van der Waals surface area contributed by atoms with Gasteiger partial charge < -0.3 is 49.3 Å². The van der Waals surface area contributed by atoms with Crippen LogP contribution < -0.4 is 44.2 Å². The first-order valence-electron chi connectivity index (χ1n) is 17.5. The molecule has 16 heteroatoms. The van der Waals surface area contributed by atoms with E-state index in [1.54, 1.807) is 48.5 Å². The van der Waals surface area contributed by atoms with E-state index in [9.17, 15) is 29.1 Å². The van der Waals surface area contributed by atoms with Crippen LogP contribution in [-0.2, 0) is 43.2 Å². The van der Waals surface area contributed by atoms with Crippen LogP contribution in [0.15, 0.2) is 89.9 Å². The highest BCUT2D eigenvalue weighted by atomic mass is 32.2. The molecule has 3 aromatic rings. The number of benzene rings is 3. The number of carbonyl (C=O) groups is 5. The van der Waals surface area contributed by atoms with Gasteiger partial charge in [-0.15, -0.1) is 0 Å². The number of phenolic OH excluding ortho intramolecular Hbond substituents is 1. The van der Waals surface area contributed by atoms with Gasteiger partial charge in [-0.1, -0.05) is 72.8 Å². The Kier molecular flexibility index (Phi) is 17.8. The molecule has 0 saturated carbocycles. The van der Waals surface area contributed by atoms with Crippen molar-refractivity contribution in [1.29, 1.82) is 0 Å². The maximum absolute atomic E-state index is 13.9. The Hall–Kier alpha value is -5.61. The maximum Gasteiger partial charge on any atom is 0.243 e. The third kappa shape index (κ3) is 15.2. The zero-order valence-corrected chi connectivity index (χ0v) is 31.1. The van der Waals surface area contributed by atoms with Gasteiger partial charge in [-0.05, 0) is 66.5 Å². The number of guanidine groups is 1. The minimum atomic E-state index is -1.14. The lowest BCUT2D eigenvalue weighted by Gasteiger charge is -2.27. The van der Waals surface area contributed by atoms with Crippen molar-refractivity contribution in [3.63, 3.8) is 0 Å². The molecule has 0 unspecified atom stereocenters. The Morgan fingerprint density at radius 2 is 1.09 bits per heavy atom. The summed E-state index contributed by atoms with van der Waals surface area (Å²) in [6.07, 6.45) is 2.84. The molecule has 15 nitrogen and oxygen atoms in total. The molecule has 0 aromatic heterocycles. The van der Waals surface area contributed by atoms with E-state index in [2.05, 4.69) is 26.3 Å². The van der Waals surface area contributed by atoms with Crippen LogP contribution in [-0.4, -0.2) is 89.4 Å². The number of nitrogens with one attached hydrogen (secondary N) is 4. The summed E-state index contributed by atoms with van der Waals surface area (Å²) in [5, 5.41) is 20.5. The van der Waals surface area contributed by atoms with Gasteiger partial charge in [0, 0.05) is 19.4 Å². The Balaban J connectivity index is 1.80. The van der Waals surface area contributed by atoms with Crippen LogP contribution >= 0.6 is 11.8 Å². The zero-order valence-electron chi connectivity index (χ0n) is 30.3. The molecule has 0 radical (unpaired) electrons. The molecule has 3 rings (SSSR count). The summed E-state index contributed by atoms with van der Waals surface area (Å²) in [5.74, 6) is -2.84. The van der Waals surface area contributed by atoms with Crippen LogP contribution in [0.5, 0.6) is 5.75 Å². The number of carbonyl (C=O) groups excluding carboxylic acids is 5. The smallest absolute Gasteiger partial charge is 0.243 e. The van der Waals surface area contributed by atoms with E-state index in [1.807, 2.05) is 30.5 Å². The van der Waals surface area contributed by atoms with Crippen molar-refractivity contribution in [2.24, 2.45) is 27.9 Å². The maximum atomic E-state index is 13.9. The minimum absolute atomic E-state index is 0.0761. The van der Waals surface area contributed by atoms with Crippen LogP contribution in [0.4, 0.5) is 0 Å². The largest absolute Gasteiger partial charge is 0.508 e. The van der Waals surface area contributed by atoms with Crippen molar-refractivity contribution in [3.8, 4) is 5.75 Å². The third-order valence-electron chi connectivity index (χ3n) is 8.41. The molecule has 0 bridgehead atoms. The highest BCUT2D eigenvalue weighted by Gasteiger charge is 2.31. The molecule has 290 valence electrons. The number of aromatic hydroxyl groups is 1. The van der Waals surface area contributed by atoms with Gasteiger partial charge in [0.15, 0.2) is 5.96 Å². The van der Waals surface area contributed by atoms with Gasteiger partial charge in [-0.25, -0.2) is 0 Å². The fourth-order valence-electron chi connectivity index (χ4n) is 5.48. The average molecular weight is 762 g/mol. The van der Waals surface area contributed by atoms with E-state index in [4.69, 9.17) is 22.9 Å². The molecule has 5 amide bonds. The van der Waals surface area contributed by atoms with Crippen LogP contribution in [0.25, 0.3) is 0 Å². The molecule has 13 N–H and O–H groups in total. The summed E-state index contributed by atoms with van der Waals surface area (Å²) in [6.45, 7) is 0.174. The molecular formula is C38H51N9O6S. The number of thioether (sulfide) groups is 1. The van der Waals surface area contributed by atoms with E-state index in [-0.39, 0.29) is 50.4 Å². The second kappa shape index (κ2) is 22.5. The number of rotatable bonds is 22. The van der Waals surface area contributed by atoms with Crippen LogP contribution in [0, 0.1) is 0 Å². The predicted molar refractivity (Wildman–Crippen MR) is 210 cm³/mol. The first-order chi connectivity index (χ1) is 25.9. The highest BCUT2D eigenvalue weighted by Crippen LogP contribution is 2.12. The summed E-state index contributed by atoms with van der Waals surface area (Å²) in [4.78, 5) is 71.1. The van der Waals surface area contributed by atoms with Crippen LogP contribution in [0.1, 0.15) is 36.0 Å². The molecule has 54 heavy (non-hydrogen) atoms. The van der Waals surface area contributed by atoms with Gasteiger partial charge in [-0.2, -0.15) is 11.8 Å². The fourth-order valence-corrected chi connectivity index (χ4v) is 5.95. The Labute approximate surface area is 319 Å². The summed E-state index contributed by atoms with van der Waals surface area (Å²) in [5.41, 5.74) is 25.0. The number of nitrogens with two attached hydrogens (primary N) is 4. The first kappa shape index (κ1) is 42.8. The van der Waals surface area contributed by atoms with E-state index >= 15 is 0 Å². The van der Waals surface area contributed by atoms with E-state index in [1.165, 1.54) is 23.9 Å². The molecule has 3 aromatic carbocycles. The standard InChI is InChI=1S/C38H51N9O6S/c1-54-20-18-30(36(52)44-29(13-8-19-43-38(41)42)35(51)46-31(33(40)49)22-24-9-4-2-5-10-24)45-37(53)32(23-25-11-6-3-7-12-25)47-34(50)28(39)21-26-14-16-27(48)17-15-26/h2-7,9-12,14-17,28-32,48H,8,13,18-23,39H2,1H3,(H2,40,49)(H,44,52)(H,45,53)(H,46,51)(H,47,50)(H4,41,42,43)/t28-,29-,30+,31+,32+/m1/s1. The number of amides is 5. The zero-order chi connectivity index (χ0) is 39.5.